The van der Waals surface area contributed by atoms with Crippen LogP contribution in [0.1, 0.15) is 25.3 Å². The normalized spacial score (nSPS) is 19.4. The SMILES string of the molecule is Cc1ccc(F)c(S(=O)(=O)N2CCC(C)(C(=O)O)CC2)c1. The summed E-state index contributed by atoms with van der Waals surface area (Å²) in [7, 11) is -3.93. The van der Waals surface area contributed by atoms with Gasteiger partial charge in [0.25, 0.3) is 0 Å². The minimum Gasteiger partial charge on any atom is -0.481 e. The number of halogens is 1. The lowest BCUT2D eigenvalue weighted by atomic mass is 9.81. The van der Waals surface area contributed by atoms with Crippen LogP contribution in [-0.4, -0.2) is 36.9 Å². The van der Waals surface area contributed by atoms with Crippen LogP contribution < -0.4 is 0 Å². The summed E-state index contributed by atoms with van der Waals surface area (Å²) >= 11 is 0. The van der Waals surface area contributed by atoms with Crippen molar-refractivity contribution in [2.45, 2.75) is 31.6 Å². The predicted molar refractivity (Wildman–Crippen MR) is 74.9 cm³/mol. The van der Waals surface area contributed by atoms with E-state index in [9.17, 15) is 17.6 Å². The minimum absolute atomic E-state index is 0.0819. The van der Waals surface area contributed by atoms with E-state index in [4.69, 9.17) is 5.11 Å². The van der Waals surface area contributed by atoms with E-state index in [1.54, 1.807) is 13.8 Å². The van der Waals surface area contributed by atoms with E-state index in [0.29, 0.717) is 5.56 Å². The van der Waals surface area contributed by atoms with Gasteiger partial charge in [0.2, 0.25) is 10.0 Å². The van der Waals surface area contributed by atoms with Gasteiger partial charge in [0.1, 0.15) is 10.7 Å². The minimum atomic E-state index is -3.93. The quantitative estimate of drug-likeness (QED) is 0.926. The third-order valence-corrected chi connectivity index (χ3v) is 5.96. The van der Waals surface area contributed by atoms with Crippen molar-refractivity contribution >= 4 is 16.0 Å². The van der Waals surface area contributed by atoms with E-state index in [-0.39, 0.29) is 30.8 Å². The molecule has 1 aromatic rings. The van der Waals surface area contributed by atoms with Gasteiger partial charge in [0, 0.05) is 13.1 Å². The van der Waals surface area contributed by atoms with Crippen molar-refractivity contribution in [2.24, 2.45) is 5.41 Å². The number of sulfonamides is 1. The van der Waals surface area contributed by atoms with E-state index in [0.717, 1.165) is 10.4 Å². The summed E-state index contributed by atoms with van der Waals surface area (Å²) in [5, 5.41) is 9.16. The Hall–Kier alpha value is -1.47. The number of aliphatic carboxylic acids is 1. The second-order valence-corrected chi connectivity index (χ2v) is 7.61. The Labute approximate surface area is 123 Å². The van der Waals surface area contributed by atoms with Crippen molar-refractivity contribution in [3.63, 3.8) is 0 Å². The Morgan fingerprint density at radius 3 is 2.43 bits per heavy atom. The fourth-order valence-electron chi connectivity index (χ4n) is 2.38. The summed E-state index contributed by atoms with van der Waals surface area (Å²) in [5.41, 5.74) is -0.265. The zero-order valence-electron chi connectivity index (χ0n) is 12.0. The largest absolute Gasteiger partial charge is 0.481 e. The molecule has 1 saturated heterocycles. The molecule has 0 atom stereocenters. The monoisotopic (exact) mass is 315 g/mol. The van der Waals surface area contributed by atoms with Crippen molar-refractivity contribution in [1.29, 1.82) is 0 Å². The van der Waals surface area contributed by atoms with Gasteiger partial charge in [-0.25, -0.2) is 12.8 Å². The summed E-state index contributed by atoms with van der Waals surface area (Å²) < 4.78 is 39.9. The molecule has 0 aromatic heterocycles. The maximum atomic E-state index is 13.8. The molecule has 1 N–H and O–H groups in total. The van der Waals surface area contributed by atoms with Crippen LogP contribution >= 0.6 is 0 Å². The average Bonchev–Trinajstić information content (AvgIpc) is 2.41. The van der Waals surface area contributed by atoms with Gasteiger partial charge < -0.3 is 5.11 Å². The average molecular weight is 315 g/mol. The summed E-state index contributed by atoms with van der Waals surface area (Å²) in [5.74, 6) is -1.71. The van der Waals surface area contributed by atoms with E-state index >= 15 is 0 Å². The number of piperidine rings is 1. The molecule has 2 rings (SSSR count). The van der Waals surface area contributed by atoms with Crippen molar-refractivity contribution in [3.05, 3.63) is 29.6 Å². The van der Waals surface area contributed by atoms with Crippen molar-refractivity contribution < 1.29 is 22.7 Å². The summed E-state index contributed by atoms with van der Waals surface area (Å²) in [6.07, 6.45) is 0.435. The van der Waals surface area contributed by atoms with Crippen LogP contribution in [0.25, 0.3) is 0 Å². The fourth-order valence-corrected chi connectivity index (χ4v) is 3.97. The maximum absolute atomic E-state index is 13.8. The van der Waals surface area contributed by atoms with Gasteiger partial charge in [-0.3, -0.25) is 4.79 Å². The summed E-state index contributed by atoms with van der Waals surface area (Å²) in [4.78, 5) is 10.8. The van der Waals surface area contributed by atoms with Gasteiger partial charge in [0.15, 0.2) is 0 Å². The molecule has 116 valence electrons. The molecule has 1 aliphatic heterocycles. The van der Waals surface area contributed by atoms with E-state index < -0.39 is 27.2 Å². The highest BCUT2D eigenvalue weighted by Crippen LogP contribution is 2.33. The Bertz CT molecular complexity index is 664. The molecule has 1 aliphatic rings. The van der Waals surface area contributed by atoms with E-state index in [2.05, 4.69) is 0 Å². The fraction of sp³-hybridized carbons (Fsp3) is 0.500. The molecule has 0 amide bonds. The number of hydrogen-bond donors (Lipinski definition) is 1. The lowest BCUT2D eigenvalue weighted by Crippen LogP contribution is -2.45. The molecule has 21 heavy (non-hydrogen) atoms. The van der Waals surface area contributed by atoms with E-state index in [1.807, 2.05) is 0 Å². The second kappa shape index (κ2) is 5.38. The molecular weight excluding hydrogens is 297 g/mol. The first-order valence-electron chi connectivity index (χ1n) is 6.66. The molecule has 0 saturated carbocycles. The third kappa shape index (κ3) is 2.94. The highest BCUT2D eigenvalue weighted by molar-refractivity contribution is 7.89. The molecule has 0 unspecified atom stereocenters. The highest BCUT2D eigenvalue weighted by Gasteiger charge is 2.40. The zero-order valence-corrected chi connectivity index (χ0v) is 12.8. The van der Waals surface area contributed by atoms with Crippen LogP contribution in [0.3, 0.4) is 0 Å². The predicted octanol–water partition coefficient (Wildman–Crippen LogP) is 2.01. The molecular formula is C14H18FNO4S. The zero-order chi connectivity index (χ0) is 15.8. The molecule has 0 radical (unpaired) electrons. The topological polar surface area (TPSA) is 74.7 Å². The van der Waals surface area contributed by atoms with Gasteiger partial charge in [-0.15, -0.1) is 0 Å². The first kappa shape index (κ1) is 15.9. The number of carbonyl (C=O) groups is 1. The molecule has 5 nitrogen and oxygen atoms in total. The smallest absolute Gasteiger partial charge is 0.309 e. The van der Waals surface area contributed by atoms with Crippen molar-refractivity contribution in [1.82, 2.24) is 4.31 Å². The van der Waals surface area contributed by atoms with Crippen LogP contribution in [0, 0.1) is 18.2 Å². The van der Waals surface area contributed by atoms with Crippen LogP contribution in [0.2, 0.25) is 0 Å². The van der Waals surface area contributed by atoms with E-state index in [1.165, 1.54) is 12.1 Å². The van der Waals surface area contributed by atoms with Gasteiger partial charge >= 0.3 is 5.97 Å². The molecule has 1 heterocycles. The van der Waals surface area contributed by atoms with Gasteiger partial charge in [-0.2, -0.15) is 4.31 Å². The van der Waals surface area contributed by atoms with Crippen LogP contribution in [0.4, 0.5) is 4.39 Å². The van der Waals surface area contributed by atoms with Crippen LogP contribution in [0.5, 0.6) is 0 Å². The number of carboxylic acid groups (broad SMARTS) is 1. The molecule has 1 fully saturated rings. The molecule has 7 heteroatoms. The standard InChI is InChI=1S/C14H18FNO4S/c1-10-3-4-11(15)12(9-10)21(19,20)16-7-5-14(2,6-8-16)13(17)18/h3-4,9H,5-8H2,1-2H3,(H,17,18). The van der Waals surface area contributed by atoms with Crippen LogP contribution in [0.15, 0.2) is 23.1 Å². The van der Waals surface area contributed by atoms with Gasteiger partial charge in [-0.05, 0) is 44.4 Å². The Balaban J connectivity index is 2.27. The molecule has 0 spiro atoms. The Kier molecular flexibility index (Phi) is 4.08. The number of rotatable bonds is 3. The highest BCUT2D eigenvalue weighted by atomic mass is 32.2. The van der Waals surface area contributed by atoms with Crippen molar-refractivity contribution in [3.8, 4) is 0 Å². The molecule has 0 bridgehead atoms. The molecule has 0 aliphatic carbocycles. The maximum Gasteiger partial charge on any atom is 0.309 e. The Morgan fingerprint density at radius 1 is 1.33 bits per heavy atom. The molecule has 1 aromatic carbocycles. The lowest BCUT2D eigenvalue weighted by molar-refractivity contribution is -0.150. The summed E-state index contributed by atoms with van der Waals surface area (Å²) in [6.45, 7) is 3.46. The van der Waals surface area contributed by atoms with Gasteiger partial charge in [-0.1, -0.05) is 6.07 Å². The van der Waals surface area contributed by atoms with Gasteiger partial charge in [0.05, 0.1) is 5.41 Å². The van der Waals surface area contributed by atoms with Crippen molar-refractivity contribution in [2.75, 3.05) is 13.1 Å². The number of benzene rings is 1. The summed E-state index contributed by atoms with van der Waals surface area (Å²) in [6, 6.07) is 3.94. The number of nitrogens with zero attached hydrogens (tertiary/aromatic N) is 1. The Morgan fingerprint density at radius 2 is 1.90 bits per heavy atom. The number of carboxylic acids is 1. The number of hydrogen-bond acceptors (Lipinski definition) is 3. The number of aryl methyl sites for hydroxylation is 1. The second-order valence-electron chi connectivity index (χ2n) is 5.70. The first-order valence-corrected chi connectivity index (χ1v) is 8.10. The first-order chi connectivity index (χ1) is 9.67. The third-order valence-electron chi connectivity index (χ3n) is 4.05. The van der Waals surface area contributed by atoms with Crippen LogP contribution in [-0.2, 0) is 14.8 Å². The lowest BCUT2D eigenvalue weighted by Gasteiger charge is -2.35.